The van der Waals surface area contributed by atoms with Crippen molar-refractivity contribution in [1.29, 1.82) is 0 Å². The molecule has 25 heavy (non-hydrogen) atoms. The molecule has 1 fully saturated rings. The fraction of sp³-hybridized carbons (Fsp3) is 0.364. The maximum absolute atomic E-state index is 5.95. The summed E-state index contributed by atoms with van der Waals surface area (Å²) in [6.45, 7) is 4.50. The molecule has 0 spiro atoms. The quantitative estimate of drug-likeness (QED) is 0.372. The van der Waals surface area contributed by atoms with Crippen molar-refractivity contribution in [2.24, 2.45) is 0 Å². The molecule has 2 aromatic rings. The summed E-state index contributed by atoms with van der Waals surface area (Å²) in [6, 6.07) is 18.7. The van der Waals surface area contributed by atoms with Crippen molar-refractivity contribution in [3.63, 3.8) is 0 Å². The highest BCUT2D eigenvalue weighted by Gasteiger charge is 2.24. The average Bonchev–Trinajstić information content (AvgIpc) is 2.62. The smallest absolute Gasteiger partial charge is 0.137 e. The van der Waals surface area contributed by atoms with E-state index in [0.29, 0.717) is 0 Å². The molecule has 1 aliphatic heterocycles. The van der Waals surface area contributed by atoms with Crippen LogP contribution in [0.15, 0.2) is 54.6 Å². The van der Waals surface area contributed by atoms with Gasteiger partial charge in [0.1, 0.15) is 18.9 Å². The van der Waals surface area contributed by atoms with Gasteiger partial charge in [0.25, 0.3) is 0 Å². The van der Waals surface area contributed by atoms with Crippen molar-refractivity contribution in [2.75, 3.05) is 33.3 Å². The Labute approximate surface area is 169 Å². The zero-order valence-corrected chi connectivity index (χ0v) is 17.2. The third-order valence-corrected chi connectivity index (χ3v) is 4.94. The van der Waals surface area contributed by atoms with Crippen molar-refractivity contribution < 1.29 is 33.2 Å². The maximum atomic E-state index is 5.95. The molecule has 134 valence electrons. The van der Waals surface area contributed by atoms with E-state index in [2.05, 4.69) is 67.7 Å². The number of quaternary nitrogens is 1. The molecule has 0 aromatic heterocycles. The molecule has 1 saturated heterocycles. The summed E-state index contributed by atoms with van der Waals surface area (Å²) >= 11 is 0. The average molecular weight is 449 g/mol. The highest BCUT2D eigenvalue weighted by molar-refractivity contribution is 5.69. The SMILES string of the molecule is C[N+]1(CCOc2ccc(/C=C/c3ccccc3)cc2)CCCCC1.[I-]. The van der Waals surface area contributed by atoms with Gasteiger partial charge < -0.3 is 33.2 Å². The topological polar surface area (TPSA) is 9.23 Å². The van der Waals surface area contributed by atoms with Crippen LogP contribution in [-0.2, 0) is 0 Å². The van der Waals surface area contributed by atoms with Gasteiger partial charge in [0.15, 0.2) is 0 Å². The fourth-order valence-corrected chi connectivity index (χ4v) is 3.31. The number of likely N-dealkylation sites (N-methyl/N-ethyl adjacent to an activating group) is 1. The van der Waals surface area contributed by atoms with E-state index >= 15 is 0 Å². The summed E-state index contributed by atoms with van der Waals surface area (Å²) < 4.78 is 7.12. The van der Waals surface area contributed by atoms with E-state index in [0.717, 1.165) is 23.4 Å². The lowest BCUT2D eigenvalue weighted by Gasteiger charge is -2.37. The van der Waals surface area contributed by atoms with Crippen LogP contribution in [0.3, 0.4) is 0 Å². The Hall–Kier alpha value is -1.33. The number of hydrogen-bond donors (Lipinski definition) is 0. The molecule has 2 aromatic carbocycles. The second-order valence-electron chi connectivity index (χ2n) is 7.01. The Balaban J connectivity index is 0.00000225. The number of halogens is 1. The second-order valence-corrected chi connectivity index (χ2v) is 7.01. The Kier molecular flexibility index (Phi) is 7.97. The standard InChI is InChI=1S/C22H28NO.HI/c1-23(16-6-3-7-17-23)18-19-24-22-14-12-21(13-15-22)11-10-20-8-4-2-5-9-20;/h2,4-5,8-15H,3,6-7,16-19H2,1H3;1H/q+1;/p-1/b11-10+;. The lowest BCUT2D eigenvalue weighted by molar-refractivity contribution is -0.914. The van der Waals surface area contributed by atoms with Crippen molar-refractivity contribution >= 4 is 12.2 Å². The summed E-state index contributed by atoms with van der Waals surface area (Å²) in [5.74, 6) is 0.968. The molecule has 0 bridgehead atoms. The number of nitrogens with zero attached hydrogens (tertiary/aromatic N) is 1. The Morgan fingerprint density at radius 2 is 1.44 bits per heavy atom. The van der Waals surface area contributed by atoms with Gasteiger partial charge in [-0.2, -0.15) is 0 Å². The zero-order valence-electron chi connectivity index (χ0n) is 15.0. The monoisotopic (exact) mass is 449 g/mol. The minimum Gasteiger partial charge on any atom is -1.00 e. The van der Waals surface area contributed by atoms with E-state index in [4.69, 9.17) is 4.74 Å². The fourth-order valence-electron chi connectivity index (χ4n) is 3.31. The first kappa shape index (κ1) is 20.0. The molecular formula is C22H28INO. The van der Waals surface area contributed by atoms with E-state index in [-0.39, 0.29) is 24.0 Å². The second kappa shape index (κ2) is 9.97. The van der Waals surface area contributed by atoms with Gasteiger partial charge in [0.2, 0.25) is 0 Å². The minimum absolute atomic E-state index is 0. The van der Waals surface area contributed by atoms with Crippen LogP contribution in [0.1, 0.15) is 30.4 Å². The van der Waals surface area contributed by atoms with E-state index < -0.39 is 0 Å². The molecule has 0 atom stereocenters. The molecule has 0 aliphatic carbocycles. The number of ether oxygens (including phenoxy) is 1. The Morgan fingerprint density at radius 1 is 0.840 bits per heavy atom. The van der Waals surface area contributed by atoms with Gasteiger partial charge in [-0.15, -0.1) is 0 Å². The molecule has 3 rings (SSSR count). The largest absolute Gasteiger partial charge is 1.00 e. The number of piperidine rings is 1. The highest BCUT2D eigenvalue weighted by Crippen LogP contribution is 2.17. The predicted molar refractivity (Wildman–Crippen MR) is 102 cm³/mol. The number of likely N-dealkylation sites (tertiary alicyclic amines) is 1. The van der Waals surface area contributed by atoms with Crippen LogP contribution in [0.2, 0.25) is 0 Å². The van der Waals surface area contributed by atoms with Crippen LogP contribution in [0.25, 0.3) is 12.2 Å². The van der Waals surface area contributed by atoms with Crippen LogP contribution < -0.4 is 28.7 Å². The van der Waals surface area contributed by atoms with E-state index in [1.54, 1.807) is 0 Å². The number of rotatable bonds is 6. The molecule has 1 heterocycles. The van der Waals surface area contributed by atoms with Gasteiger partial charge >= 0.3 is 0 Å². The normalized spacial score (nSPS) is 16.4. The highest BCUT2D eigenvalue weighted by atomic mass is 127. The van der Waals surface area contributed by atoms with Crippen LogP contribution >= 0.6 is 0 Å². The van der Waals surface area contributed by atoms with Crippen molar-refractivity contribution in [3.8, 4) is 5.75 Å². The molecule has 0 unspecified atom stereocenters. The summed E-state index contributed by atoms with van der Waals surface area (Å²) in [7, 11) is 2.36. The van der Waals surface area contributed by atoms with Crippen molar-refractivity contribution in [3.05, 3.63) is 65.7 Å². The van der Waals surface area contributed by atoms with Crippen LogP contribution in [-0.4, -0.2) is 37.8 Å². The third kappa shape index (κ3) is 6.48. The predicted octanol–water partition coefficient (Wildman–Crippen LogP) is 1.87. The summed E-state index contributed by atoms with van der Waals surface area (Å²) in [4.78, 5) is 0. The van der Waals surface area contributed by atoms with Crippen LogP contribution in [0, 0.1) is 0 Å². The van der Waals surface area contributed by atoms with Crippen molar-refractivity contribution in [1.82, 2.24) is 0 Å². The van der Waals surface area contributed by atoms with Gasteiger partial charge in [-0.05, 0) is 42.5 Å². The van der Waals surface area contributed by atoms with Gasteiger partial charge in [-0.1, -0.05) is 54.6 Å². The molecule has 2 nitrogen and oxygen atoms in total. The molecule has 0 amide bonds. The first-order valence-corrected chi connectivity index (χ1v) is 9.03. The van der Waals surface area contributed by atoms with Gasteiger partial charge in [0.05, 0.1) is 20.1 Å². The van der Waals surface area contributed by atoms with Gasteiger partial charge in [-0.25, -0.2) is 0 Å². The van der Waals surface area contributed by atoms with Crippen LogP contribution in [0.4, 0.5) is 0 Å². The lowest BCUT2D eigenvalue weighted by Crippen LogP contribution is -3.00. The van der Waals surface area contributed by atoms with Crippen molar-refractivity contribution in [2.45, 2.75) is 19.3 Å². The Bertz CT molecular complexity index is 645. The third-order valence-electron chi connectivity index (χ3n) is 4.94. The first-order chi connectivity index (χ1) is 11.7. The number of benzene rings is 2. The molecule has 0 radical (unpaired) electrons. The van der Waals surface area contributed by atoms with E-state index in [1.165, 1.54) is 43.5 Å². The molecule has 3 heteroatoms. The molecule has 1 aliphatic rings. The maximum Gasteiger partial charge on any atom is 0.137 e. The molecule has 0 N–H and O–H groups in total. The van der Waals surface area contributed by atoms with Gasteiger partial charge in [-0.3, -0.25) is 0 Å². The summed E-state index contributed by atoms with van der Waals surface area (Å²) in [5.41, 5.74) is 2.41. The summed E-state index contributed by atoms with van der Waals surface area (Å²) in [6.07, 6.45) is 8.39. The number of hydrogen-bond acceptors (Lipinski definition) is 1. The molecular weight excluding hydrogens is 421 g/mol. The minimum atomic E-state index is 0. The summed E-state index contributed by atoms with van der Waals surface area (Å²) in [5, 5.41) is 0. The van der Waals surface area contributed by atoms with Crippen LogP contribution in [0.5, 0.6) is 5.75 Å². The van der Waals surface area contributed by atoms with E-state index in [1.807, 2.05) is 6.07 Å². The zero-order chi connectivity index (χ0) is 16.7. The van der Waals surface area contributed by atoms with E-state index in [9.17, 15) is 0 Å². The Morgan fingerprint density at radius 3 is 2.08 bits per heavy atom. The van der Waals surface area contributed by atoms with Gasteiger partial charge in [0, 0.05) is 0 Å². The molecule has 0 saturated carbocycles. The lowest BCUT2D eigenvalue weighted by atomic mass is 10.1. The first-order valence-electron chi connectivity index (χ1n) is 9.03.